The van der Waals surface area contributed by atoms with Gasteiger partial charge in [0.15, 0.2) is 0 Å². The molecule has 0 unspecified atom stereocenters. The Morgan fingerprint density at radius 2 is 1.96 bits per heavy atom. The maximum absolute atomic E-state index is 13.4. The fraction of sp³-hybridized carbons (Fsp3) is 0.375. The molecule has 238 valence electrons. The monoisotopic (exact) mass is 619 g/mol. The molecule has 2 aliphatic heterocycles. The van der Waals surface area contributed by atoms with Crippen LogP contribution >= 0.6 is 0 Å². The summed E-state index contributed by atoms with van der Waals surface area (Å²) in [6.07, 6.45) is 2.92. The Morgan fingerprint density at radius 1 is 1.16 bits per heavy atom. The first-order valence-corrected chi connectivity index (χ1v) is 14.5. The molecule has 2 N–H and O–H groups in total. The molecule has 3 aromatic rings. The van der Waals surface area contributed by atoms with Gasteiger partial charge in [-0.2, -0.15) is 10.2 Å². The highest BCUT2D eigenvalue weighted by atomic mass is 16.5. The van der Waals surface area contributed by atoms with Crippen molar-refractivity contribution in [2.24, 2.45) is 5.92 Å². The number of piperidine rings is 1. The quantitative estimate of drug-likeness (QED) is 0.416. The highest BCUT2D eigenvalue weighted by molar-refractivity contribution is 5.97. The molecule has 0 saturated carbocycles. The smallest absolute Gasteiger partial charge is 0.290 e. The number of hydrogen-bond donors (Lipinski definition) is 2. The van der Waals surface area contributed by atoms with Gasteiger partial charge in [-0.05, 0) is 48.2 Å². The Balaban J connectivity index is 0.00000148. The molecule has 2 aromatic carbocycles. The van der Waals surface area contributed by atoms with E-state index in [9.17, 15) is 14.4 Å². The number of carboxylic acid groups (broad SMARTS) is 1. The molecular formula is C32H37N5O8. The number of nitrogens with one attached hydrogen (secondary N) is 1. The third kappa shape index (κ3) is 9.22. The zero-order chi connectivity index (χ0) is 32.3. The van der Waals surface area contributed by atoms with E-state index in [1.807, 2.05) is 38.1 Å². The van der Waals surface area contributed by atoms with Gasteiger partial charge in [-0.3, -0.25) is 19.2 Å². The Labute approximate surface area is 261 Å². The van der Waals surface area contributed by atoms with Gasteiger partial charge in [0.1, 0.15) is 17.2 Å². The molecule has 13 heteroatoms. The Kier molecular flexibility index (Phi) is 11.4. The van der Waals surface area contributed by atoms with Gasteiger partial charge < -0.3 is 34.4 Å². The topological polar surface area (TPSA) is 160 Å². The molecule has 0 radical (unpaired) electrons. The van der Waals surface area contributed by atoms with E-state index < -0.39 is 6.10 Å². The van der Waals surface area contributed by atoms with Crippen LogP contribution in [-0.2, 0) is 20.9 Å². The van der Waals surface area contributed by atoms with Crippen LogP contribution in [0.5, 0.6) is 17.2 Å². The average Bonchev–Trinajstić information content (AvgIpc) is 3.03. The molecule has 45 heavy (non-hydrogen) atoms. The first kappa shape index (κ1) is 32.9. The number of amides is 3. The minimum atomic E-state index is -0.478. The number of aromatic nitrogens is 2. The molecule has 1 aromatic heterocycles. The van der Waals surface area contributed by atoms with Crippen molar-refractivity contribution >= 4 is 24.2 Å². The summed E-state index contributed by atoms with van der Waals surface area (Å²) in [6, 6.07) is 13.8. The highest BCUT2D eigenvalue weighted by Crippen LogP contribution is 2.30. The number of rotatable bonds is 4. The van der Waals surface area contributed by atoms with Gasteiger partial charge in [-0.25, -0.2) is 0 Å². The van der Waals surface area contributed by atoms with Crippen LogP contribution in [0.2, 0.25) is 0 Å². The van der Waals surface area contributed by atoms with Crippen LogP contribution in [0, 0.1) is 5.92 Å². The minimum Gasteiger partial charge on any atom is -0.493 e. The number of nitrogens with zero attached hydrogens (tertiary/aromatic N) is 4. The third-order valence-electron chi connectivity index (χ3n) is 7.06. The van der Waals surface area contributed by atoms with Gasteiger partial charge in [0.25, 0.3) is 18.3 Å². The molecule has 3 heterocycles. The fourth-order valence-electron chi connectivity index (χ4n) is 4.93. The van der Waals surface area contributed by atoms with Crippen LogP contribution in [0.1, 0.15) is 46.5 Å². The van der Waals surface area contributed by atoms with Crippen molar-refractivity contribution in [2.75, 3.05) is 33.3 Å². The van der Waals surface area contributed by atoms with Crippen molar-refractivity contribution in [3.05, 3.63) is 77.6 Å². The van der Waals surface area contributed by atoms with E-state index in [1.54, 1.807) is 36.2 Å². The molecular weight excluding hydrogens is 582 g/mol. The lowest BCUT2D eigenvalue weighted by atomic mass is 10.0. The molecule has 1 fully saturated rings. The van der Waals surface area contributed by atoms with Gasteiger partial charge in [-0.1, -0.05) is 26.0 Å². The lowest BCUT2D eigenvalue weighted by Gasteiger charge is -2.39. The zero-order valence-electron chi connectivity index (χ0n) is 25.4. The maximum atomic E-state index is 13.4. The summed E-state index contributed by atoms with van der Waals surface area (Å²) in [6.45, 7) is 5.11. The molecule has 4 bridgehead atoms. The van der Waals surface area contributed by atoms with Crippen LogP contribution in [-0.4, -0.2) is 94.7 Å². The lowest BCUT2D eigenvalue weighted by Crippen LogP contribution is -2.57. The van der Waals surface area contributed by atoms with Crippen molar-refractivity contribution in [1.82, 2.24) is 25.3 Å². The van der Waals surface area contributed by atoms with Crippen molar-refractivity contribution in [3.8, 4) is 17.2 Å². The third-order valence-corrected chi connectivity index (χ3v) is 7.06. The van der Waals surface area contributed by atoms with Crippen LogP contribution in [0.3, 0.4) is 0 Å². The molecule has 5 rings (SSSR count). The summed E-state index contributed by atoms with van der Waals surface area (Å²) in [5.41, 5.74) is 1.64. The number of carbonyl (C=O) groups is 4. The second-order valence-corrected chi connectivity index (χ2v) is 11.1. The first-order chi connectivity index (χ1) is 21.7. The van der Waals surface area contributed by atoms with Crippen molar-refractivity contribution in [1.29, 1.82) is 0 Å². The number of hydrogen-bond acceptors (Lipinski definition) is 9. The van der Waals surface area contributed by atoms with Crippen LogP contribution < -0.4 is 14.8 Å². The second-order valence-electron chi connectivity index (χ2n) is 11.1. The summed E-state index contributed by atoms with van der Waals surface area (Å²) in [7, 11) is 1.58. The fourth-order valence-corrected chi connectivity index (χ4v) is 4.93. The van der Waals surface area contributed by atoms with Gasteiger partial charge in [0.2, 0.25) is 5.91 Å². The largest absolute Gasteiger partial charge is 0.493 e. The minimum absolute atomic E-state index is 0.153. The zero-order valence-corrected chi connectivity index (χ0v) is 25.4. The summed E-state index contributed by atoms with van der Waals surface area (Å²) >= 11 is 0. The summed E-state index contributed by atoms with van der Waals surface area (Å²) < 4.78 is 18.4. The van der Waals surface area contributed by atoms with Crippen LogP contribution in [0.4, 0.5) is 0 Å². The molecule has 2 aliphatic rings. The molecule has 3 amide bonds. The predicted octanol–water partition coefficient (Wildman–Crippen LogP) is 3.01. The Hall–Kier alpha value is -5.04. The number of carbonyl (C=O) groups excluding carboxylic acids is 3. The maximum Gasteiger partial charge on any atom is 0.290 e. The number of likely N-dealkylation sites (tertiary alicyclic amines) is 1. The van der Waals surface area contributed by atoms with E-state index in [0.29, 0.717) is 53.9 Å². The number of ether oxygens (including phenoxy) is 3. The lowest BCUT2D eigenvalue weighted by molar-refractivity contribution is -0.124. The molecule has 13 nitrogen and oxygen atoms in total. The van der Waals surface area contributed by atoms with Crippen molar-refractivity contribution in [2.45, 2.75) is 39.0 Å². The van der Waals surface area contributed by atoms with Gasteiger partial charge in [0, 0.05) is 31.8 Å². The Bertz CT molecular complexity index is 1490. The van der Waals surface area contributed by atoms with E-state index >= 15 is 0 Å². The van der Waals surface area contributed by atoms with E-state index in [-0.39, 0.29) is 49.9 Å². The molecule has 0 aliphatic carbocycles. The molecule has 2 atom stereocenters. The number of likely N-dealkylation sites (N-methyl/N-ethyl adjacent to an activating group) is 1. The van der Waals surface area contributed by atoms with Gasteiger partial charge in [0.05, 0.1) is 49.9 Å². The van der Waals surface area contributed by atoms with Gasteiger partial charge >= 0.3 is 0 Å². The van der Waals surface area contributed by atoms with Crippen LogP contribution in [0.25, 0.3) is 0 Å². The highest BCUT2D eigenvalue weighted by Gasteiger charge is 2.34. The Morgan fingerprint density at radius 3 is 2.69 bits per heavy atom. The van der Waals surface area contributed by atoms with E-state index in [0.717, 1.165) is 5.56 Å². The molecule has 0 spiro atoms. The summed E-state index contributed by atoms with van der Waals surface area (Å²) in [5.74, 6) is 0.981. The summed E-state index contributed by atoms with van der Waals surface area (Å²) in [4.78, 5) is 51.1. The number of benzene rings is 2. The summed E-state index contributed by atoms with van der Waals surface area (Å²) in [5, 5.41) is 17.5. The average molecular weight is 620 g/mol. The van der Waals surface area contributed by atoms with Crippen LogP contribution in [0.15, 0.2) is 60.9 Å². The van der Waals surface area contributed by atoms with E-state index in [4.69, 9.17) is 24.1 Å². The van der Waals surface area contributed by atoms with E-state index in [1.165, 1.54) is 17.3 Å². The second kappa shape index (κ2) is 15.6. The SMILES string of the molecule is CC(C)COc1cc2cc(c1)C(=O)N(C)CC(=O)N[C@H]1CCN(C(=O)c3ccnnc3)C[C@@H]1OCc1cccc(c1)O2.O=CO. The first-order valence-electron chi connectivity index (χ1n) is 14.5. The standard InChI is InChI=1S/C31H35N5O6.CH2O2/c1-20(2)18-40-25-12-23-13-26(14-25)42-24-6-4-5-21(11-24)19-41-28-16-36(31(39)22-7-9-32-33-15-22)10-8-27(28)34-29(37)17-35(3)30(23)38;2-1-3/h4-7,9,11-15,20,27-28H,8,10,16-19H2,1-3H3,(H,34,37);1H,(H,2,3)/t27-,28-;/m0./s1. The van der Waals surface area contributed by atoms with Crippen molar-refractivity contribution in [3.63, 3.8) is 0 Å². The van der Waals surface area contributed by atoms with E-state index in [2.05, 4.69) is 15.5 Å². The normalized spacial score (nSPS) is 18.5. The van der Waals surface area contributed by atoms with Crippen molar-refractivity contribution < 1.29 is 38.5 Å². The van der Waals surface area contributed by atoms with Gasteiger partial charge in [-0.15, -0.1) is 0 Å². The number of fused-ring (bicyclic) bond motifs is 5. The molecule has 1 saturated heterocycles. The predicted molar refractivity (Wildman–Crippen MR) is 162 cm³/mol.